The van der Waals surface area contributed by atoms with Gasteiger partial charge in [0.25, 0.3) is 5.92 Å². The summed E-state index contributed by atoms with van der Waals surface area (Å²) in [5.41, 5.74) is 8.81. The van der Waals surface area contributed by atoms with Gasteiger partial charge in [-0.1, -0.05) is 50.6 Å². The lowest BCUT2D eigenvalue weighted by atomic mass is 9.67. The van der Waals surface area contributed by atoms with Gasteiger partial charge in [0.2, 0.25) is 0 Å². The third kappa shape index (κ3) is 6.65. The molecule has 3 rings (SSSR count). The molecule has 0 spiro atoms. The molecule has 0 amide bonds. The summed E-state index contributed by atoms with van der Waals surface area (Å²) in [6.07, 6.45) is 12.3. The van der Waals surface area contributed by atoms with Crippen molar-refractivity contribution in [2.24, 2.45) is 10.4 Å². The number of aromatic nitrogens is 1. The number of aliphatic imine (C=N–C) groups is 1. The van der Waals surface area contributed by atoms with Gasteiger partial charge in [-0.15, -0.1) is 0 Å². The monoisotopic (exact) mass is 532 g/mol. The van der Waals surface area contributed by atoms with Gasteiger partial charge in [-0.2, -0.15) is 8.78 Å². The number of halogens is 2. The molecule has 1 atom stereocenters. The van der Waals surface area contributed by atoms with Gasteiger partial charge in [-0.05, 0) is 123 Å². The third-order valence-corrected chi connectivity index (χ3v) is 9.06. The molecule has 0 aliphatic heterocycles. The number of nitrogens with zero attached hydrogens (tertiary/aromatic N) is 2. The van der Waals surface area contributed by atoms with E-state index < -0.39 is 11.3 Å². The molecular formula is C35H46F2N2. The lowest BCUT2D eigenvalue weighted by molar-refractivity contribution is 0.0127. The zero-order valence-corrected chi connectivity index (χ0v) is 25.2. The summed E-state index contributed by atoms with van der Waals surface area (Å²) in [5.74, 6) is -2.99. The van der Waals surface area contributed by atoms with E-state index in [0.29, 0.717) is 5.41 Å². The predicted octanol–water partition coefficient (Wildman–Crippen LogP) is 10.5. The van der Waals surface area contributed by atoms with Gasteiger partial charge >= 0.3 is 0 Å². The lowest BCUT2D eigenvalue weighted by Gasteiger charge is -2.39. The number of aryl methyl sites for hydroxylation is 1. The fraction of sp³-hybridized carbons (Fsp3) is 0.486. The molecule has 1 aromatic carbocycles. The van der Waals surface area contributed by atoms with Crippen LogP contribution in [0.25, 0.3) is 5.57 Å². The summed E-state index contributed by atoms with van der Waals surface area (Å²) in [4.78, 5) is 8.56. The lowest BCUT2D eigenvalue weighted by Crippen LogP contribution is -2.26. The van der Waals surface area contributed by atoms with E-state index in [4.69, 9.17) is 0 Å². The van der Waals surface area contributed by atoms with Crippen molar-refractivity contribution >= 4 is 11.8 Å². The van der Waals surface area contributed by atoms with Gasteiger partial charge < -0.3 is 0 Å². The average Bonchev–Trinajstić information content (AvgIpc) is 2.89. The topological polar surface area (TPSA) is 25.2 Å². The van der Waals surface area contributed by atoms with E-state index >= 15 is 0 Å². The molecule has 210 valence electrons. The third-order valence-electron chi connectivity index (χ3n) is 9.06. The zero-order valence-electron chi connectivity index (χ0n) is 25.2. The van der Waals surface area contributed by atoms with Crippen LogP contribution in [0.1, 0.15) is 115 Å². The van der Waals surface area contributed by atoms with Crippen LogP contribution >= 0.6 is 0 Å². The number of alkyl halides is 2. The second-order valence-corrected chi connectivity index (χ2v) is 11.9. The van der Waals surface area contributed by atoms with Crippen LogP contribution in [-0.2, 0) is 11.3 Å². The second kappa shape index (κ2) is 12.1. The van der Waals surface area contributed by atoms with Gasteiger partial charge in [0.05, 0.1) is 0 Å². The minimum absolute atomic E-state index is 0.229. The summed E-state index contributed by atoms with van der Waals surface area (Å²) >= 11 is 0. The van der Waals surface area contributed by atoms with Gasteiger partial charge in [-0.25, -0.2) is 0 Å². The van der Waals surface area contributed by atoms with Crippen molar-refractivity contribution in [3.05, 3.63) is 94.0 Å². The summed E-state index contributed by atoms with van der Waals surface area (Å²) in [5, 5.41) is 0. The predicted molar refractivity (Wildman–Crippen MR) is 163 cm³/mol. The summed E-state index contributed by atoms with van der Waals surface area (Å²) in [7, 11) is 0. The minimum atomic E-state index is -2.99. The Labute approximate surface area is 235 Å². The Bertz CT molecular complexity index is 1270. The Morgan fingerprint density at radius 2 is 1.79 bits per heavy atom. The highest BCUT2D eigenvalue weighted by Crippen LogP contribution is 2.46. The number of benzene rings is 1. The van der Waals surface area contributed by atoms with Crippen LogP contribution in [0.3, 0.4) is 0 Å². The first kappa shape index (κ1) is 30.7. The van der Waals surface area contributed by atoms with Crippen LogP contribution in [0.2, 0.25) is 0 Å². The van der Waals surface area contributed by atoms with Crippen LogP contribution in [0.5, 0.6) is 0 Å². The number of rotatable bonds is 11. The Kier molecular flexibility index (Phi) is 9.51. The molecule has 1 heterocycles. The molecule has 0 bridgehead atoms. The van der Waals surface area contributed by atoms with E-state index in [2.05, 4.69) is 69.4 Å². The highest BCUT2D eigenvalue weighted by atomic mass is 19.3. The molecule has 1 aliphatic rings. The van der Waals surface area contributed by atoms with Crippen molar-refractivity contribution in [2.45, 2.75) is 105 Å². The van der Waals surface area contributed by atoms with Gasteiger partial charge in [-0.3, -0.25) is 9.98 Å². The van der Waals surface area contributed by atoms with Crippen LogP contribution in [0.4, 0.5) is 8.78 Å². The van der Waals surface area contributed by atoms with E-state index in [1.165, 1.54) is 59.6 Å². The standard InChI is InChI=1S/C35H46F2N2/c1-10-24(3)30(17-20-33(7)18-12-19-33)27(6)31-21-28(14-13-25(31)4)34(8,26(5)22-38-11-2)29-15-16-32(39-23-29)35(9,36)37/h11,13-16,21-23H,3,10,12,17-20H2,1-2,4-9H3/b26-22+,30-27-,38-11?. The summed E-state index contributed by atoms with van der Waals surface area (Å²) in [6.45, 7) is 20.4. The summed E-state index contributed by atoms with van der Waals surface area (Å²) in [6, 6.07) is 9.80. The highest BCUT2D eigenvalue weighted by Gasteiger charge is 2.34. The second-order valence-electron chi connectivity index (χ2n) is 11.9. The van der Waals surface area contributed by atoms with Crippen LogP contribution < -0.4 is 0 Å². The quantitative estimate of drug-likeness (QED) is 0.209. The van der Waals surface area contributed by atoms with Crippen molar-refractivity contribution < 1.29 is 8.78 Å². The first-order valence-electron chi connectivity index (χ1n) is 14.3. The molecule has 1 fully saturated rings. The largest absolute Gasteiger partial charge is 0.286 e. The first-order valence-corrected chi connectivity index (χ1v) is 14.3. The van der Waals surface area contributed by atoms with Gasteiger partial charge in [0.1, 0.15) is 5.69 Å². The number of hydrogen-bond acceptors (Lipinski definition) is 2. The molecule has 1 unspecified atom stereocenters. The minimum Gasteiger partial charge on any atom is -0.269 e. The Morgan fingerprint density at radius 1 is 1.13 bits per heavy atom. The molecule has 2 nitrogen and oxygen atoms in total. The molecule has 1 aromatic heterocycles. The van der Waals surface area contributed by atoms with E-state index in [1.807, 2.05) is 20.0 Å². The van der Waals surface area contributed by atoms with Crippen LogP contribution in [0, 0.1) is 12.3 Å². The highest BCUT2D eigenvalue weighted by molar-refractivity contribution is 5.74. The van der Waals surface area contributed by atoms with E-state index in [-0.39, 0.29) is 5.69 Å². The van der Waals surface area contributed by atoms with Crippen molar-refractivity contribution in [2.75, 3.05) is 0 Å². The molecule has 0 saturated heterocycles. The molecule has 0 radical (unpaired) electrons. The van der Waals surface area contributed by atoms with Crippen molar-refractivity contribution in [3.63, 3.8) is 0 Å². The number of pyridine rings is 1. The Hall–Kier alpha value is -2.88. The molecule has 4 heteroatoms. The molecule has 2 aromatic rings. The number of allylic oxidation sites excluding steroid dienone is 4. The Balaban J connectivity index is 2.17. The maximum Gasteiger partial charge on any atom is 0.286 e. The summed E-state index contributed by atoms with van der Waals surface area (Å²) < 4.78 is 27.9. The van der Waals surface area contributed by atoms with E-state index in [0.717, 1.165) is 36.5 Å². The fourth-order valence-electron chi connectivity index (χ4n) is 5.69. The molecular weight excluding hydrogens is 486 g/mol. The van der Waals surface area contributed by atoms with E-state index in [9.17, 15) is 8.78 Å². The molecule has 39 heavy (non-hydrogen) atoms. The average molecular weight is 533 g/mol. The zero-order chi connectivity index (χ0) is 29.0. The van der Waals surface area contributed by atoms with Crippen molar-refractivity contribution in [1.82, 2.24) is 4.98 Å². The Morgan fingerprint density at radius 3 is 2.31 bits per heavy atom. The fourth-order valence-corrected chi connectivity index (χ4v) is 5.69. The van der Waals surface area contributed by atoms with Crippen LogP contribution in [0.15, 0.2) is 71.0 Å². The van der Waals surface area contributed by atoms with Crippen molar-refractivity contribution in [3.8, 4) is 0 Å². The van der Waals surface area contributed by atoms with Crippen molar-refractivity contribution in [1.29, 1.82) is 0 Å². The normalized spacial score (nSPS) is 17.9. The maximum atomic E-state index is 13.9. The van der Waals surface area contributed by atoms with E-state index in [1.54, 1.807) is 18.5 Å². The molecule has 1 aliphatic carbocycles. The maximum absolute atomic E-state index is 13.9. The first-order chi connectivity index (χ1) is 18.3. The van der Waals surface area contributed by atoms with Gasteiger partial charge in [0, 0.05) is 31.0 Å². The molecule has 0 N–H and O–H groups in total. The SMILES string of the molecule is C=C(CC)/C(CCC1(C)CCC1)=C(/C)c1cc(C(C)(/C(C)=C/N=CC)c2ccc(C(C)(F)F)nc2)ccc1C. The van der Waals surface area contributed by atoms with Gasteiger partial charge in [0.15, 0.2) is 0 Å². The molecule has 1 saturated carbocycles. The smallest absolute Gasteiger partial charge is 0.269 e. The van der Waals surface area contributed by atoms with Crippen LogP contribution in [-0.4, -0.2) is 11.2 Å². The number of hydrogen-bond donors (Lipinski definition) is 0.